The maximum absolute atomic E-state index is 12.1. The van der Waals surface area contributed by atoms with Gasteiger partial charge in [-0.05, 0) is 35.9 Å². The maximum Gasteiger partial charge on any atom is 0.261 e. The second-order valence-corrected chi connectivity index (χ2v) is 5.45. The molecule has 2 aromatic rings. The third kappa shape index (κ3) is 2.72. The van der Waals surface area contributed by atoms with Crippen LogP contribution in [0.3, 0.4) is 0 Å². The van der Waals surface area contributed by atoms with Gasteiger partial charge in [0.2, 0.25) is 12.7 Å². The van der Waals surface area contributed by atoms with E-state index in [1.165, 1.54) is 12.1 Å². The first-order valence-corrected chi connectivity index (χ1v) is 7.49. The molecule has 0 saturated heterocycles. The van der Waals surface area contributed by atoms with Crippen molar-refractivity contribution < 1.29 is 23.9 Å². The predicted octanol–water partition coefficient (Wildman–Crippen LogP) is 1.95. The molecule has 0 aliphatic carbocycles. The van der Waals surface area contributed by atoms with E-state index >= 15 is 0 Å². The van der Waals surface area contributed by atoms with E-state index in [0.717, 1.165) is 5.56 Å². The van der Waals surface area contributed by atoms with Crippen LogP contribution in [0.25, 0.3) is 6.08 Å². The Kier molecular flexibility index (Phi) is 3.46. The molecule has 2 aliphatic heterocycles. The average molecular weight is 336 g/mol. The fraction of sp³-hybridized carbons (Fsp3) is 0.0556. The van der Waals surface area contributed by atoms with Crippen LogP contribution in [0.1, 0.15) is 26.3 Å². The zero-order valence-corrected chi connectivity index (χ0v) is 12.9. The van der Waals surface area contributed by atoms with Crippen molar-refractivity contribution in [3.05, 3.63) is 59.2 Å². The van der Waals surface area contributed by atoms with Gasteiger partial charge in [0.25, 0.3) is 11.8 Å². The molecule has 7 heteroatoms. The van der Waals surface area contributed by atoms with Gasteiger partial charge in [-0.25, -0.2) is 0 Å². The number of amides is 3. The number of carbonyl (C=O) groups excluding carboxylic acids is 3. The van der Waals surface area contributed by atoms with Crippen LogP contribution in [0.2, 0.25) is 0 Å². The maximum atomic E-state index is 12.1. The van der Waals surface area contributed by atoms with E-state index in [1.807, 2.05) is 0 Å². The largest absolute Gasteiger partial charge is 0.454 e. The van der Waals surface area contributed by atoms with Gasteiger partial charge in [0.1, 0.15) is 0 Å². The van der Waals surface area contributed by atoms with Gasteiger partial charge in [0.05, 0.1) is 16.8 Å². The van der Waals surface area contributed by atoms with Gasteiger partial charge in [0, 0.05) is 6.08 Å². The van der Waals surface area contributed by atoms with Crippen LogP contribution in [0.5, 0.6) is 11.5 Å². The number of benzene rings is 2. The minimum absolute atomic E-state index is 0.178. The lowest BCUT2D eigenvalue weighted by Gasteiger charge is -2.06. The molecule has 2 aliphatic rings. The van der Waals surface area contributed by atoms with Crippen LogP contribution >= 0.6 is 0 Å². The smallest absolute Gasteiger partial charge is 0.261 e. The number of imide groups is 1. The van der Waals surface area contributed by atoms with E-state index in [-0.39, 0.29) is 17.9 Å². The Morgan fingerprint density at radius 1 is 1.08 bits per heavy atom. The van der Waals surface area contributed by atoms with Crippen LogP contribution in [0.15, 0.2) is 42.5 Å². The lowest BCUT2D eigenvalue weighted by Crippen LogP contribution is -2.20. The highest BCUT2D eigenvalue weighted by atomic mass is 16.7. The number of hydrogen-bond donors (Lipinski definition) is 2. The highest BCUT2D eigenvalue weighted by molar-refractivity contribution is 6.24. The number of carbonyl (C=O) groups is 3. The van der Waals surface area contributed by atoms with Crippen LogP contribution in [0.4, 0.5) is 5.69 Å². The zero-order valence-electron chi connectivity index (χ0n) is 12.9. The van der Waals surface area contributed by atoms with E-state index in [4.69, 9.17) is 9.47 Å². The molecule has 0 aromatic heterocycles. The Hall–Kier alpha value is -3.61. The molecule has 0 saturated carbocycles. The van der Waals surface area contributed by atoms with Crippen molar-refractivity contribution in [2.24, 2.45) is 0 Å². The first-order chi connectivity index (χ1) is 12.1. The Balaban J connectivity index is 1.52. The number of hydrogen-bond acceptors (Lipinski definition) is 5. The molecule has 2 heterocycles. The first kappa shape index (κ1) is 14.9. The van der Waals surface area contributed by atoms with Crippen molar-refractivity contribution >= 4 is 29.5 Å². The van der Waals surface area contributed by atoms with Crippen LogP contribution in [0, 0.1) is 0 Å². The summed E-state index contributed by atoms with van der Waals surface area (Å²) in [5.74, 6) is -0.114. The summed E-state index contributed by atoms with van der Waals surface area (Å²) in [7, 11) is 0. The quantitative estimate of drug-likeness (QED) is 0.660. The molecule has 2 N–H and O–H groups in total. The van der Waals surface area contributed by atoms with Crippen LogP contribution in [-0.2, 0) is 4.79 Å². The molecule has 0 spiro atoms. The second kappa shape index (κ2) is 5.79. The minimum Gasteiger partial charge on any atom is -0.454 e. The third-order valence-corrected chi connectivity index (χ3v) is 3.84. The van der Waals surface area contributed by atoms with Gasteiger partial charge in [-0.15, -0.1) is 0 Å². The second-order valence-electron chi connectivity index (χ2n) is 5.45. The van der Waals surface area contributed by atoms with E-state index < -0.39 is 17.7 Å². The van der Waals surface area contributed by atoms with Gasteiger partial charge in [-0.3, -0.25) is 19.7 Å². The van der Waals surface area contributed by atoms with Crippen molar-refractivity contribution in [2.45, 2.75) is 0 Å². The average Bonchev–Trinajstić information content (AvgIpc) is 3.18. The van der Waals surface area contributed by atoms with E-state index in [9.17, 15) is 14.4 Å². The van der Waals surface area contributed by atoms with E-state index in [2.05, 4.69) is 10.6 Å². The molecule has 7 nitrogen and oxygen atoms in total. The number of rotatable bonds is 3. The van der Waals surface area contributed by atoms with Gasteiger partial charge in [0.15, 0.2) is 11.5 Å². The van der Waals surface area contributed by atoms with Crippen molar-refractivity contribution in [2.75, 3.05) is 12.1 Å². The third-order valence-electron chi connectivity index (χ3n) is 3.84. The zero-order chi connectivity index (χ0) is 17.4. The summed E-state index contributed by atoms with van der Waals surface area (Å²) >= 11 is 0. The molecule has 3 amide bonds. The Labute approximate surface area is 142 Å². The molecule has 0 bridgehead atoms. The fourth-order valence-electron chi connectivity index (χ4n) is 2.69. The highest BCUT2D eigenvalue weighted by Crippen LogP contribution is 2.32. The van der Waals surface area contributed by atoms with Crippen molar-refractivity contribution in [3.8, 4) is 11.5 Å². The molecular weight excluding hydrogens is 324 g/mol. The van der Waals surface area contributed by atoms with Crippen molar-refractivity contribution in [1.29, 1.82) is 0 Å². The number of nitrogens with one attached hydrogen (secondary N) is 2. The summed E-state index contributed by atoms with van der Waals surface area (Å²) in [4.78, 5) is 35.6. The standard InChI is InChI=1S/C18H12N2O5/c21-15(7-5-10-4-6-13-14(8-10)25-9-24-13)19-12-3-1-2-11-16(12)18(23)20-17(11)22/h1-8H,9H2,(H,19,21)(H,20,22,23). The predicted molar refractivity (Wildman–Crippen MR) is 88.5 cm³/mol. The van der Waals surface area contributed by atoms with Crippen molar-refractivity contribution in [3.63, 3.8) is 0 Å². The molecular formula is C18H12N2O5. The molecule has 124 valence electrons. The van der Waals surface area contributed by atoms with Crippen molar-refractivity contribution in [1.82, 2.24) is 5.32 Å². The van der Waals surface area contributed by atoms with Gasteiger partial charge < -0.3 is 14.8 Å². The summed E-state index contributed by atoms with van der Waals surface area (Å²) in [6, 6.07) is 10.0. The molecule has 0 atom stereocenters. The normalized spacial score (nSPS) is 14.6. The SMILES string of the molecule is O=C(C=Cc1ccc2c(c1)OCO2)Nc1cccc2c1C(=O)NC2=O. The minimum atomic E-state index is -0.518. The van der Waals surface area contributed by atoms with E-state index in [1.54, 1.807) is 36.4 Å². The summed E-state index contributed by atoms with van der Waals surface area (Å²) in [6.07, 6.45) is 2.96. The summed E-state index contributed by atoms with van der Waals surface area (Å²) in [6.45, 7) is 0.183. The molecule has 4 rings (SSSR count). The Morgan fingerprint density at radius 2 is 1.92 bits per heavy atom. The fourth-order valence-corrected chi connectivity index (χ4v) is 2.69. The number of fused-ring (bicyclic) bond motifs is 2. The van der Waals surface area contributed by atoms with Gasteiger partial charge in [-0.2, -0.15) is 0 Å². The molecule has 0 fully saturated rings. The van der Waals surface area contributed by atoms with Crippen LogP contribution in [-0.4, -0.2) is 24.5 Å². The molecule has 0 radical (unpaired) electrons. The monoisotopic (exact) mass is 336 g/mol. The number of anilines is 1. The van der Waals surface area contributed by atoms with Gasteiger partial charge >= 0.3 is 0 Å². The topological polar surface area (TPSA) is 93.7 Å². The molecule has 2 aromatic carbocycles. The lowest BCUT2D eigenvalue weighted by atomic mass is 10.1. The number of ether oxygens (including phenoxy) is 2. The Bertz CT molecular complexity index is 948. The highest BCUT2D eigenvalue weighted by Gasteiger charge is 2.29. The first-order valence-electron chi connectivity index (χ1n) is 7.49. The van der Waals surface area contributed by atoms with E-state index in [0.29, 0.717) is 17.2 Å². The molecule has 25 heavy (non-hydrogen) atoms. The van der Waals surface area contributed by atoms with Crippen LogP contribution < -0.4 is 20.1 Å². The summed E-state index contributed by atoms with van der Waals surface area (Å²) < 4.78 is 10.5. The Morgan fingerprint density at radius 3 is 2.80 bits per heavy atom. The summed E-state index contributed by atoms with van der Waals surface area (Å²) in [5, 5.41) is 4.83. The summed E-state index contributed by atoms with van der Waals surface area (Å²) in [5.41, 5.74) is 1.49. The van der Waals surface area contributed by atoms with Gasteiger partial charge in [-0.1, -0.05) is 12.1 Å². The lowest BCUT2D eigenvalue weighted by molar-refractivity contribution is -0.111. The molecule has 0 unspecified atom stereocenters.